The number of aromatic nitrogens is 2. The van der Waals surface area contributed by atoms with Crippen LogP contribution in [-0.4, -0.2) is 46.5 Å². The molecule has 0 radical (unpaired) electrons. The SMILES string of the molecule is C=C/C=C\C=C(/C)C(=O)NCC(=O)N1CCC(c2nc(-c3ccc(F)c(F)c3)no2)CC1. The molecule has 0 aliphatic carbocycles. The van der Waals surface area contributed by atoms with Gasteiger partial charge in [-0.2, -0.15) is 4.98 Å². The number of amides is 2. The summed E-state index contributed by atoms with van der Waals surface area (Å²) in [6, 6.07) is 3.42. The molecule has 2 heterocycles. The van der Waals surface area contributed by atoms with Gasteiger partial charge in [0.15, 0.2) is 11.6 Å². The van der Waals surface area contributed by atoms with E-state index in [0.717, 1.165) is 12.1 Å². The molecule has 0 spiro atoms. The van der Waals surface area contributed by atoms with Crippen molar-refractivity contribution in [3.05, 3.63) is 72.2 Å². The van der Waals surface area contributed by atoms with Gasteiger partial charge in [-0.1, -0.05) is 36.0 Å². The lowest BCUT2D eigenvalue weighted by atomic mass is 9.96. The summed E-state index contributed by atoms with van der Waals surface area (Å²) < 4.78 is 31.9. The van der Waals surface area contributed by atoms with Crippen LogP contribution >= 0.6 is 0 Å². The Balaban J connectivity index is 1.50. The topological polar surface area (TPSA) is 88.3 Å². The second-order valence-electron chi connectivity index (χ2n) is 7.39. The molecule has 1 fully saturated rings. The van der Waals surface area contributed by atoms with Gasteiger partial charge in [-0.3, -0.25) is 9.59 Å². The van der Waals surface area contributed by atoms with E-state index in [9.17, 15) is 18.4 Å². The molecule has 1 aromatic heterocycles. The van der Waals surface area contributed by atoms with Crippen molar-refractivity contribution in [2.24, 2.45) is 0 Å². The van der Waals surface area contributed by atoms with E-state index in [-0.39, 0.29) is 30.1 Å². The van der Waals surface area contributed by atoms with E-state index in [1.807, 2.05) is 0 Å². The number of hydrogen-bond acceptors (Lipinski definition) is 5. The van der Waals surface area contributed by atoms with Crippen molar-refractivity contribution in [3.8, 4) is 11.4 Å². The van der Waals surface area contributed by atoms with Crippen LogP contribution in [0.3, 0.4) is 0 Å². The van der Waals surface area contributed by atoms with Crippen molar-refractivity contribution in [2.75, 3.05) is 19.6 Å². The summed E-state index contributed by atoms with van der Waals surface area (Å²) in [5.41, 5.74) is 0.814. The molecule has 9 heteroatoms. The summed E-state index contributed by atoms with van der Waals surface area (Å²) in [6.07, 6.45) is 7.88. The summed E-state index contributed by atoms with van der Waals surface area (Å²) in [4.78, 5) is 30.5. The smallest absolute Gasteiger partial charge is 0.247 e. The van der Waals surface area contributed by atoms with Crippen LogP contribution in [0.4, 0.5) is 8.78 Å². The number of carbonyl (C=O) groups is 2. The highest BCUT2D eigenvalue weighted by Crippen LogP contribution is 2.28. The Morgan fingerprint density at radius 1 is 1.25 bits per heavy atom. The van der Waals surface area contributed by atoms with Gasteiger partial charge in [0.25, 0.3) is 0 Å². The van der Waals surface area contributed by atoms with Crippen molar-refractivity contribution < 1.29 is 22.9 Å². The molecule has 0 bridgehead atoms. The Morgan fingerprint density at radius 2 is 2.00 bits per heavy atom. The first kappa shape index (κ1) is 23.1. The molecule has 2 aromatic rings. The number of allylic oxidation sites excluding steroid dienone is 4. The quantitative estimate of drug-likeness (QED) is 0.524. The van der Waals surface area contributed by atoms with Gasteiger partial charge in [-0.15, -0.1) is 0 Å². The number of halogens is 2. The Hall–Kier alpha value is -3.62. The summed E-state index contributed by atoms with van der Waals surface area (Å²) in [6.45, 7) is 6.11. The van der Waals surface area contributed by atoms with Crippen molar-refractivity contribution in [3.63, 3.8) is 0 Å². The van der Waals surface area contributed by atoms with E-state index in [1.165, 1.54) is 6.07 Å². The number of rotatable bonds is 7. The lowest BCUT2D eigenvalue weighted by Crippen LogP contribution is -2.43. The van der Waals surface area contributed by atoms with Crippen LogP contribution < -0.4 is 5.32 Å². The standard InChI is InChI=1S/C23H24F2N4O3/c1-3-4-5-6-15(2)22(31)26-14-20(30)29-11-9-16(10-12-29)23-27-21(28-32-23)17-7-8-18(24)19(25)13-17/h3-8,13,16H,1,9-12,14H2,2H3,(H,26,31)/b5-4-,15-6+. The van der Waals surface area contributed by atoms with Crippen molar-refractivity contribution >= 4 is 11.8 Å². The van der Waals surface area contributed by atoms with Gasteiger partial charge in [0.1, 0.15) is 0 Å². The normalized spacial score (nSPS) is 15.2. The highest BCUT2D eigenvalue weighted by molar-refractivity contribution is 5.95. The van der Waals surface area contributed by atoms with E-state index < -0.39 is 11.6 Å². The molecule has 0 unspecified atom stereocenters. The Morgan fingerprint density at radius 3 is 2.69 bits per heavy atom. The number of hydrogen-bond donors (Lipinski definition) is 1. The van der Waals surface area contributed by atoms with E-state index in [1.54, 1.807) is 36.1 Å². The highest BCUT2D eigenvalue weighted by Gasteiger charge is 2.28. The largest absolute Gasteiger partial charge is 0.343 e. The maximum absolute atomic E-state index is 13.4. The fraction of sp³-hybridized carbons (Fsp3) is 0.304. The van der Waals surface area contributed by atoms with Gasteiger partial charge in [0.05, 0.1) is 6.54 Å². The van der Waals surface area contributed by atoms with Crippen molar-refractivity contribution in [1.82, 2.24) is 20.4 Å². The zero-order valence-electron chi connectivity index (χ0n) is 17.7. The predicted molar refractivity (Wildman–Crippen MR) is 114 cm³/mol. The summed E-state index contributed by atoms with van der Waals surface area (Å²) in [5.74, 6) is -1.85. The number of nitrogens with one attached hydrogen (secondary N) is 1. The minimum absolute atomic E-state index is 0.0398. The Labute approximate surface area is 184 Å². The molecule has 3 rings (SSSR count). The van der Waals surface area contributed by atoms with Gasteiger partial charge in [0.2, 0.25) is 23.5 Å². The molecule has 1 aliphatic rings. The van der Waals surface area contributed by atoms with E-state index in [2.05, 4.69) is 22.0 Å². The monoisotopic (exact) mass is 442 g/mol. The number of carbonyl (C=O) groups excluding carboxylic acids is 2. The third kappa shape index (κ3) is 5.75. The predicted octanol–water partition coefficient (Wildman–Crippen LogP) is 3.53. The van der Waals surface area contributed by atoms with Crippen LogP contribution in [0.2, 0.25) is 0 Å². The molecule has 1 N–H and O–H groups in total. The lowest BCUT2D eigenvalue weighted by molar-refractivity contribution is -0.133. The van der Waals surface area contributed by atoms with Crippen LogP contribution in [0.1, 0.15) is 31.6 Å². The summed E-state index contributed by atoms with van der Waals surface area (Å²) in [7, 11) is 0. The number of benzene rings is 1. The molecule has 0 atom stereocenters. The van der Waals surface area contributed by atoms with Crippen LogP contribution in [0.15, 0.2) is 59.2 Å². The van der Waals surface area contributed by atoms with Gasteiger partial charge in [-0.05, 0) is 38.0 Å². The molecule has 32 heavy (non-hydrogen) atoms. The fourth-order valence-electron chi connectivity index (χ4n) is 3.29. The number of piperidine rings is 1. The molecule has 1 aromatic carbocycles. The molecule has 1 saturated heterocycles. The first-order chi connectivity index (χ1) is 15.4. The van der Waals surface area contributed by atoms with E-state index >= 15 is 0 Å². The van der Waals surface area contributed by atoms with E-state index in [4.69, 9.17) is 4.52 Å². The van der Waals surface area contributed by atoms with Crippen molar-refractivity contribution in [1.29, 1.82) is 0 Å². The minimum Gasteiger partial charge on any atom is -0.343 e. The second-order valence-corrected chi connectivity index (χ2v) is 7.39. The zero-order valence-corrected chi connectivity index (χ0v) is 17.7. The average Bonchev–Trinajstić information content (AvgIpc) is 3.29. The molecular weight excluding hydrogens is 418 g/mol. The van der Waals surface area contributed by atoms with E-state index in [0.29, 0.717) is 43.0 Å². The maximum atomic E-state index is 13.4. The number of likely N-dealkylation sites (tertiary alicyclic amines) is 1. The van der Waals surface area contributed by atoms with Crippen LogP contribution in [0.5, 0.6) is 0 Å². The maximum Gasteiger partial charge on any atom is 0.247 e. The first-order valence-electron chi connectivity index (χ1n) is 10.2. The Kier molecular flexibility index (Phi) is 7.64. The van der Waals surface area contributed by atoms with Gasteiger partial charge in [-0.25, -0.2) is 8.78 Å². The van der Waals surface area contributed by atoms with Gasteiger partial charge in [0, 0.05) is 30.1 Å². The second kappa shape index (κ2) is 10.6. The summed E-state index contributed by atoms with van der Waals surface area (Å²) >= 11 is 0. The number of nitrogens with zero attached hydrogens (tertiary/aromatic N) is 3. The molecule has 2 amide bonds. The molecule has 0 saturated carbocycles. The van der Waals surface area contributed by atoms with Crippen LogP contribution in [0.25, 0.3) is 11.4 Å². The lowest BCUT2D eigenvalue weighted by Gasteiger charge is -2.30. The van der Waals surface area contributed by atoms with Crippen LogP contribution in [-0.2, 0) is 9.59 Å². The third-order valence-electron chi connectivity index (χ3n) is 5.17. The van der Waals surface area contributed by atoms with Gasteiger partial charge >= 0.3 is 0 Å². The van der Waals surface area contributed by atoms with Crippen molar-refractivity contribution in [2.45, 2.75) is 25.7 Å². The average molecular weight is 442 g/mol. The highest BCUT2D eigenvalue weighted by atomic mass is 19.2. The fourth-order valence-corrected chi connectivity index (χ4v) is 3.29. The first-order valence-corrected chi connectivity index (χ1v) is 10.2. The third-order valence-corrected chi connectivity index (χ3v) is 5.17. The molecular formula is C23H24F2N4O3. The molecule has 7 nitrogen and oxygen atoms in total. The van der Waals surface area contributed by atoms with Gasteiger partial charge < -0.3 is 14.7 Å². The Bertz CT molecular complexity index is 1050. The summed E-state index contributed by atoms with van der Waals surface area (Å²) in [5, 5.41) is 6.48. The minimum atomic E-state index is -0.980. The van der Waals surface area contributed by atoms with Crippen LogP contribution in [0, 0.1) is 11.6 Å². The zero-order chi connectivity index (χ0) is 23.1. The molecule has 168 valence electrons. The molecule has 1 aliphatic heterocycles.